The Hall–Kier alpha value is -2.59. The summed E-state index contributed by atoms with van der Waals surface area (Å²) in [5.74, 6) is 1.33. The molecule has 4 heteroatoms. The van der Waals surface area contributed by atoms with E-state index >= 15 is 0 Å². The molecule has 0 spiro atoms. The van der Waals surface area contributed by atoms with Crippen LogP contribution in [0, 0.1) is 6.92 Å². The summed E-state index contributed by atoms with van der Waals surface area (Å²) in [6.45, 7) is 1.96. The molecule has 120 valence electrons. The van der Waals surface area contributed by atoms with E-state index in [1.807, 2.05) is 55.5 Å². The molecule has 3 nitrogen and oxygen atoms in total. The number of hydrogen-bond donors (Lipinski definition) is 1. The van der Waals surface area contributed by atoms with Gasteiger partial charge in [-0.05, 0) is 48.4 Å². The first-order chi connectivity index (χ1) is 11.7. The summed E-state index contributed by atoms with van der Waals surface area (Å²) in [5.41, 5.74) is 2.98. The number of carbonyl (C=O) groups excluding carboxylic acids is 1. The van der Waals surface area contributed by atoms with Crippen LogP contribution >= 0.6 is 11.8 Å². The van der Waals surface area contributed by atoms with Gasteiger partial charge in [0.1, 0.15) is 5.82 Å². The van der Waals surface area contributed by atoms with Gasteiger partial charge in [0, 0.05) is 22.4 Å². The van der Waals surface area contributed by atoms with Crippen molar-refractivity contribution in [3.8, 4) is 0 Å². The molecule has 0 aliphatic heterocycles. The summed E-state index contributed by atoms with van der Waals surface area (Å²) in [5, 5.41) is 2.81. The quantitative estimate of drug-likeness (QED) is 0.672. The highest BCUT2D eigenvalue weighted by Crippen LogP contribution is 2.23. The molecule has 3 aromatic rings. The number of amides is 1. The van der Waals surface area contributed by atoms with Crippen molar-refractivity contribution in [3.63, 3.8) is 0 Å². The number of nitrogens with zero attached hydrogens (tertiary/aromatic N) is 1. The number of anilines is 1. The number of aryl methyl sites for hydroxylation is 1. The Morgan fingerprint density at radius 2 is 1.75 bits per heavy atom. The molecule has 1 amide bonds. The number of pyridine rings is 1. The minimum absolute atomic E-state index is 0.147. The summed E-state index contributed by atoms with van der Waals surface area (Å²) in [6.07, 6.45) is 1.74. The molecule has 2 aromatic carbocycles. The summed E-state index contributed by atoms with van der Waals surface area (Å²) < 4.78 is 0. The molecule has 0 bridgehead atoms. The van der Waals surface area contributed by atoms with E-state index in [0.717, 1.165) is 16.2 Å². The molecule has 0 atom stereocenters. The fourth-order valence-corrected chi connectivity index (χ4v) is 3.03. The number of hydrogen-bond acceptors (Lipinski definition) is 3. The Bertz CT molecular complexity index is 799. The molecule has 0 aliphatic carbocycles. The molecule has 3 rings (SSSR count). The van der Waals surface area contributed by atoms with Crippen LogP contribution in [-0.4, -0.2) is 10.9 Å². The van der Waals surface area contributed by atoms with Crippen molar-refractivity contribution in [2.24, 2.45) is 0 Å². The van der Waals surface area contributed by atoms with Crippen LogP contribution in [0.1, 0.15) is 21.5 Å². The van der Waals surface area contributed by atoms with Gasteiger partial charge in [0.25, 0.3) is 5.91 Å². The lowest BCUT2D eigenvalue weighted by Crippen LogP contribution is -2.12. The van der Waals surface area contributed by atoms with Gasteiger partial charge in [-0.3, -0.25) is 4.79 Å². The highest BCUT2D eigenvalue weighted by molar-refractivity contribution is 7.98. The third-order valence-corrected chi connectivity index (χ3v) is 4.60. The average molecular weight is 334 g/mol. The van der Waals surface area contributed by atoms with Gasteiger partial charge in [0.2, 0.25) is 0 Å². The molecule has 1 heterocycles. The normalized spacial score (nSPS) is 10.4. The second-order valence-corrected chi connectivity index (χ2v) is 6.52. The van der Waals surface area contributed by atoms with Gasteiger partial charge >= 0.3 is 0 Å². The Kier molecular flexibility index (Phi) is 5.29. The Labute approximate surface area is 146 Å². The maximum atomic E-state index is 12.2. The van der Waals surface area contributed by atoms with E-state index in [9.17, 15) is 4.79 Å². The van der Waals surface area contributed by atoms with Gasteiger partial charge < -0.3 is 5.32 Å². The Morgan fingerprint density at radius 1 is 1.00 bits per heavy atom. The monoisotopic (exact) mass is 334 g/mol. The minimum atomic E-state index is -0.147. The Morgan fingerprint density at radius 3 is 2.42 bits per heavy atom. The Balaban J connectivity index is 1.59. The lowest BCUT2D eigenvalue weighted by molar-refractivity contribution is 0.102. The number of aromatic nitrogens is 1. The van der Waals surface area contributed by atoms with E-state index in [4.69, 9.17) is 0 Å². The molecule has 0 radical (unpaired) electrons. The van der Waals surface area contributed by atoms with Crippen LogP contribution in [0.3, 0.4) is 0 Å². The van der Waals surface area contributed by atoms with Gasteiger partial charge in [-0.25, -0.2) is 4.98 Å². The van der Waals surface area contributed by atoms with Crippen molar-refractivity contribution in [1.82, 2.24) is 4.98 Å². The van der Waals surface area contributed by atoms with Gasteiger partial charge in [-0.15, -0.1) is 11.8 Å². The number of nitrogens with one attached hydrogen (secondary N) is 1. The zero-order valence-corrected chi connectivity index (χ0v) is 14.2. The second-order valence-electron chi connectivity index (χ2n) is 5.47. The molecule has 1 N–H and O–H groups in total. The molecule has 0 aliphatic rings. The van der Waals surface area contributed by atoms with Crippen molar-refractivity contribution in [2.45, 2.75) is 17.6 Å². The maximum Gasteiger partial charge on any atom is 0.256 e. The summed E-state index contributed by atoms with van der Waals surface area (Å²) in [7, 11) is 0. The van der Waals surface area contributed by atoms with Crippen molar-refractivity contribution in [1.29, 1.82) is 0 Å². The van der Waals surface area contributed by atoms with Crippen LogP contribution in [0.5, 0.6) is 0 Å². The van der Waals surface area contributed by atoms with Crippen LogP contribution in [0.15, 0.2) is 77.8 Å². The first kappa shape index (κ1) is 16.3. The van der Waals surface area contributed by atoms with Crippen LogP contribution < -0.4 is 5.32 Å². The van der Waals surface area contributed by atoms with Gasteiger partial charge in [0.15, 0.2) is 0 Å². The van der Waals surface area contributed by atoms with E-state index in [2.05, 4.69) is 22.4 Å². The molecule has 24 heavy (non-hydrogen) atoms. The average Bonchev–Trinajstić information content (AvgIpc) is 2.63. The van der Waals surface area contributed by atoms with E-state index in [-0.39, 0.29) is 5.91 Å². The van der Waals surface area contributed by atoms with Gasteiger partial charge in [0.05, 0.1) is 0 Å². The number of carbonyl (C=O) groups is 1. The van der Waals surface area contributed by atoms with Crippen molar-refractivity contribution >= 4 is 23.5 Å². The molecule has 0 fully saturated rings. The zero-order valence-electron chi connectivity index (χ0n) is 13.4. The first-order valence-corrected chi connectivity index (χ1v) is 8.70. The largest absolute Gasteiger partial charge is 0.307 e. The second kappa shape index (κ2) is 7.79. The summed E-state index contributed by atoms with van der Waals surface area (Å²) in [6, 6.07) is 21.7. The van der Waals surface area contributed by atoms with E-state index in [1.165, 1.54) is 5.56 Å². The SMILES string of the molecule is Cc1ccc(NC(=O)c2ccc(SCc3ccccc3)cc2)nc1. The van der Waals surface area contributed by atoms with E-state index < -0.39 is 0 Å². The maximum absolute atomic E-state index is 12.2. The highest BCUT2D eigenvalue weighted by Gasteiger charge is 2.07. The summed E-state index contributed by atoms with van der Waals surface area (Å²) in [4.78, 5) is 17.6. The first-order valence-electron chi connectivity index (χ1n) is 7.71. The molecular formula is C20H18N2OS. The third-order valence-electron chi connectivity index (χ3n) is 3.52. The van der Waals surface area contributed by atoms with Gasteiger partial charge in [-0.1, -0.05) is 36.4 Å². The topological polar surface area (TPSA) is 42.0 Å². The molecule has 0 saturated heterocycles. The molecule has 1 aromatic heterocycles. The molecule has 0 saturated carbocycles. The van der Waals surface area contributed by atoms with Crippen LogP contribution in [0.2, 0.25) is 0 Å². The highest BCUT2D eigenvalue weighted by atomic mass is 32.2. The van der Waals surface area contributed by atoms with Crippen LogP contribution in [0.4, 0.5) is 5.82 Å². The number of thioether (sulfide) groups is 1. The van der Waals surface area contributed by atoms with Crippen molar-refractivity contribution in [3.05, 3.63) is 89.6 Å². The smallest absolute Gasteiger partial charge is 0.256 e. The molecular weight excluding hydrogens is 316 g/mol. The fourth-order valence-electron chi connectivity index (χ4n) is 2.17. The van der Waals surface area contributed by atoms with Crippen molar-refractivity contribution in [2.75, 3.05) is 5.32 Å². The fraction of sp³-hybridized carbons (Fsp3) is 0.100. The lowest BCUT2D eigenvalue weighted by atomic mass is 10.2. The third kappa shape index (κ3) is 4.46. The van der Waals surface area contributed by atoms with Gasteiger partial charge in [-0.2, -0.15) is 0 Å². The lowest BCUT2D eigenvalue weighted by Gasteiger charge is -2.06. The summed E-state index contributed by atoms with van der Waals surface area (Å²) >= 11 is 1.76. The van der Waals surface area contributed by atoms with E-state index in [0.29, 0.717) is 11.4 Å². The predicted molar refractivity (Wildman–Crippen MR) is 99.4 cm³/mol. The van der Waals surface area contributed by atoms with Crippen LogP contribution in [0.25, 0.3) is 0 Å². The van der Waals surface area contributed by atoms with Crippen molar-refractivity contribution < 1.29 is 4.79 Å². The zero-order chi connectivity index (χ0) is 16.8. The van der Waals surface area contributed by atoms with Crippen LogP contribution in [-0.2, 0) is 5.75 Å². The number of benzene rings is 2. The standard InChI is InChI=1S/C20H18N2OS/c1-15-7-12-19(21-13-15)22-20(23)17-8-10-18(11-9-17)24-14-16-5-3-2-4-6-16/h2-13H,14H2,1H3,(H,21,22,23). The molecule has 0 unspecified atom stereocenters. The number of rotatable bonds is 5. The van der Waals surface area contributed by atoms with E-state index in [1.54, 1.807) is 24.0 Å². The predicted octanol–water partition coefficient (Wildman–Crippen LogP) is 4.93. The minimum Gasteiger partial charge on any atom is -0.307 e.